The Labute approximate surface area is 84.2 Å². The van der Waals surface area contributed by atoms with Gasteiger partial charge < -0.3 is 15.4 Å². The highest BCUT2D eigenvalue weighted by Gasteiger charge is 2.22. The van der Waals surface area contributed by atoms with E-state index in [4.69, 9.17) is 17.0 Å². The molecule has 0 aromatic rings. The highest BCUT2D eigenvalue weighted by atomic mass is 32.1. The van der Waals surface area contributed by atoms with E-state index in [0.29, 0.717) is 12.0 Å². The largest absolute Gasteiger partial charge is 0.381 e. The Morgan fingerprint density at radius 3 is 2.85 bits per heavy atom. The van der Waals surface area contributed by atoms with Gasteiger partial charge >= 0.3 is 0 Å². The van der Waals surface area contributed by atoms with E-state index in [0.717, 1.165) is 24.9 Å². The third-order valence-electron chi connectivity index (χ3n) is 2.49. The third-order valence-corrected chi connectivity index (χ3v) is 2.75. The standard InChI is InChI=1S/C9H16N2OS/c13-9(11-8-1-2-8)10-5-7-3-4-12-6-7/h7-8H,1-6H2,(H2,10,11,13). The highest BCUT2D eigenvalue weighted by molar-refractivity contribution is 7.80. The predicted octanol–water partition coefficient (Wildman–Crippen LogP) is 0.649. The molecule has 1 atom stereocenters. The molecule has 2 aliphatic rings. The number of hydrogen-bond acceptors (Lipinski definition) is 2. The first-order valence-corrected chi connectivity index (χ1v) is 5.37. The molecular formula is C9H16N2OS. The lowest BCUT2D eigenvalue weighted by atomic mass is 10.1. The van der Waals surface area contributed by atoms with Gasteiger partial charge in [0, 0.05) is 25.1 Å². The van der Waals surface area contributed by atoms with E-state index in [1.807, 2.05) is 0 Å². The highest BCUT2D eigenvalue weighted by Crippen LogP contribution is 2.18. The van der Waals surface area contributed by atoms with Gasteiger partial charge in [0.05, 0.1) is 6.61 Å². The maximum atomic E-state index is 5.28. The number of ether oxygens (including phenoxy) is 1. The summed E-state index contributed by atoms with van der Waals surface area (Å²) >= 11 is 5.14. The predicted molar refractivity (Wildman–Crippen MR) is 55.7 cm³/mol. The Bertz CT molecular complexity index is 188. The molecule has 1 aliphatic heterocycles. The Balaban J connectivity index is 1.57. The number of rotatable bonds is 3. The van der Waals surface area contributed by atoms with E-state index in [1.165, 1.54) is 19.3 Å². The van der Waals surface area contributed by atoms with Crippen molar-refractivity contribution in [1.29, 1.82) is 0 Å². The molecule has 0 radical (unpaired) electrons. The fourth-order valence-corrected chi connectivity index (χ4v) is 1.70. The summed E-state index contributed by atoms with van der Waals surface area (Å²) in [5.41, 5.74) is 0. The first kappa shape index (κ1) is 9.21. The van der Waals surface area contributed by atoms with Crippen LogP contribution in [0.15, 0.2) is 0 Å². The zero-order valence-corrected chi connectivity index (χ0v) is 8.53. The quantitative estimate of drug-likeness (QED) is 0.655. The summed E-state index contributed by atoms with van der Waals surface area (Å²) in [7, 11) is 0. The van der Waals surface area contributed by atoms with E-state index < -0.39 is 0 Å². The minimum Gasteiger partial charge on any atom is -0.381 e. The normalized spacial score (nSPS) is 27.2. The maximum absolute atomic E-state index is 5.28. The summed E-state index contributed by atoms with van der Waals surface area (Å²) in [4.78, 5) is 0. The monoisotopic (exact) mass is 200 g/mol. The van der Waals surface area contributed by atoms with Gasteiger partial charge in [-0.3, -0.25) is 0 Å². The molecule has 0 amide bonds. The first-order valence-electron chi connectivity index (χ1n) is 4.96. The molecule has 1 saturated heterocycles. The summed E-state index contributed by atoms with van der Waals surface area (Å²) in [6, 6.07) is 0.653. The minimum absolute atomic E-state index is 0.652. The number of thiocarbonyl (C=S) groups is 1. The van der Waals surface area contributed by atoms with Crippen LogP contribution in [0.25, 0.3) is 0 Å². The molecule has 2 N–H and O–H groups in total. The van der Waals surface area contributed by atoms with E-state index in [9.17, 15) is 0 Å². The van der Waals surface area contributed by atoms with Gasteiger partial charge in [0.1, 0.15) is 0 Å². The Morgan fingerprint density at radius 2 is 2.23 bits per heavy atom. The molecule has 13 heavy (non-hydrogen) atoms. The third kappa shape index (κ3) is 3.12. The molecule has 2 rings (SSSR count). The van der Waals surface area contributed by atoms with Crippen LogP contribution >= 0.6 is 12.2 Å². The zero-order valence-electron chi connectivity index (χ0n) is 7.71. The van der Waals surface area contributed by atoms with Crippen molar-refractivity contribution >= 4 is 17.3 Å². The van der Waals surface area contributed by atoms with Crippen molar-refractivity contribution in [2.75, 3.05) is 19.8 Å². The van der Waals surface area contributed by atoms with Crippen LogP contribution in [-0.4, -0.2) is 30.9 Å². The molecule has 1 unspecified atom stereocenters. The van der Waals surface area contributed by atoms with Crippen LogP contribution in [-0.2, 0) is 4.74 Å². The molecule has 0 aromatic heterocycles. The summed E-state index contributed by atoms with van der Waals surface area (Å²) in [6.45, 7) is 2.76. The second kappa shape index (κ2) is 4.24. The van der Waals surface area contributed by atoms with Gasteiger partial charge in [-0.2, -0.15) is 0 Å². The molecule has 1 heterocycles. The molecule has 0 spiro atoms. The second-order valence-electron chi connectivity index (χ2n) is 3.86. The fraction of sp³-hybridized carbons (Fsp3) is 0.889. The molecule has 74 valence electrons. The summed E-state index contributed by atoms with van der Waals surface area (Å²) in [5, 5.41) is 7.31. The molecule has 1 saturated carbocycles. The van der Waals surface area contributed by atoms with Gasteiger partial charge in [-0.1, -0.05) is 0 Å². The van der Waals surface area contributed by atoms with Gasteiger partial charge in [0.2, 0.25) is 0 Å². The molecule has 4 heteroatoms. The van der Waals surface area contributed by atoms with Crippen molar-refractivity contribution in [2.24, 2.45) is 5.92 Å². The van der Waals surface area contributed by atoms with Gasteiger partial charge in [-0.05, 0) is 31.5 Å². The van der Waals surface area contributed by atoms with E-state index in [-0.39, 0.29) is 0 Å². The fourth-order valence-electron chi connectivity index (χ4n) is 1.45. The smallest absolute Gasteiger partial charge is 0.166 e. The van der Waals surface area contributed by atoms with Crippen molar-refractivity contribution in [3.63, 3.8) is 0 Å². The lowest BCUT2D eigenvalue weighted by molar-refractivity contribution is 0.186. The van der Waals surface area contributed by atoms with Crippen LogP contribution in [0.5, 0.6) is 0 Å². The van der Waals surface area contributed by atoms with Crippen molar-refractivity contribution in [3.05, 3.63) is 0 Å². The summed E-state index contributed by atoms with van der Waals surface area (Å²) in [5.74, 6) is 0.652. The molecule has 2 fully saturated rings. The summed E-state index contributed by atoms with van der Waals surface area (Å²) in [6.07, 6.45) is 3.71. The van der Waals surface area contributed by atoms with Gasteiger partial charge in [0.15, 0.2) is 5.11 Å². The minimum atomic E-state index is 0.652. The van der Waals surface area contributed by atoms with Crippen LogP contribution in [0.4, 0.5) is 0 Å². The average Bonchev–Trinajstić information content (AvgIpc) is 2.78. The Hall–Kier alpha value is -0.350. The van der Waals surface area contributed by atoms with Crippen molar-refractivity contribution in [1.82, 2.24) is 10.6 Å². The van der Waals surface area contributed by atoms with Crippen LogP contribution < -0.4 is 10.6 Å². The van der Waals surface area contributed by atoms with Crippen molar-refractivity contribution < 1.29 is 4.74 Å². The van der Waals surface area contributed by atoms with Crippen molar-refractivity contribution in [3.8, 4) is 0 Å². The first-order chi connectivity index (χ1) is 6.34. The number of hydrogen-bond donors (Lipinski definition) is 2. The molecule has 0 aromatic carbocycles. The van der Waals surface area contributed by atoms with Gasteiger partial charge in [-0.25, -0.2) is 0 Å². The molecular weight excluding hydrogens is 184 g/mol. The lowest BCUT2D eigenvalue weighted by Gasteiger charge is -2.12. The second-order valence-corrected chi connectivity index (χ2v) is 4.27. The molecule has 0 bridgehead atoms. The average molecular weight is 200 g/mol. The van der Waals surface area contributed by atoms with E-state index in [2.05, 4.69) is 10.6 Å². The Morgan fingerprint density at radius 1 is 1.38 bits per heavy atom. The van der Waals surface area contributed by atoms with E-state index >= 15 is 0 Å². The van der Waals surface area contributed by atoms with Crippen molar-refractivity contribution in [2.45, 2.75) is 25.3 Å². The van der Waals surface area contributed by atoms with Gasteiger partial charge in [-0.15, -0.1) is 0 Å². The molecule has 3 nitrogen and oxygen atoms in total. The van der Waals surface area contributed by atoms with Crippen LogP contribution in [0.1, 0.15) is 19.3 Å². The lowest BCUT2D eigenvalue weighted by Crippen LogP contribution is -2.39. The molecule has 1 aliphatic carbocycles. The maximum Gasteiger partial charge on any atom is 0.166 e. The van der Waals surface area contributed by atoms with Crippen LogP contribution in [0, 0.1) is 5.92 Å². The van der Waals surface area contributed by atoms with Crippen LogP contribution in [0.2, 0.25) is 0 Å². The Kier molecular flexibility index (Phi) is 3.01. The summed E-state index contributed by atoms with van der Waals surface area (Å²) < 4.78 is 5.28. The van der Waals surface area contributed by atoms with Gasteiger partial charge in [0.25, 0.3) is 0 Å². The van der Waals surface area contributed by atoms with E-state index in [1.54, 1.807) is 0 Å². The number of nitrogens with one attached hydrogen (secondary N) is 2. The zero-order chi connectivity index (χ0) is 9.10. The van der Waals surface area contributed by atoms with Crippen LogP contribution in [0.3, 0.4) is 0 Å². The topological polar surface area (TPSA) is 33.3 Å². The SMILES string of the molecule is S=C(NCC1CCOC1)NC1CC1.